The second kappa shape index (κ2) is 8.30. The molecule has 0 aliphatic carbocycles. The van der Waals surface area contributed by atoms with Gasteiger partial charge in [-0.15, -0.1) is 0 Å². The highest BCUT2D eigenvalue weighted by Gasteiger charge is 1.89. The van der Waals surface area contributed by atoms with Crippen molar-refractivity contribution in [2.24, 2.45) is 0 Å². The lowest BCUT2D eigenvalue weighted by Crippen LogP contribution is -1.99. The summed E-state index contributed by atoms with van der Waals surface area (Å²) in [5.74, 6) is -0.212. The van der Waals surface area contributed by atoms with E-state index in [9.17, 15) is 4.79 Å². The van der Waals surface area contributed by atoms with Gasteiger partial charge in [-0.3, -0.25) is 4.79 Å². The van der Waals surface area contributed by atoms with Gasteiger partial charge in [0, 0.05) is 6.92 Å². The van der Waals surface area contributed by atoms with E-state index in [0.29, 0.717) is 6.61 Å². The topological polar surface area (TPSA) is 26.3 Å². The SMILES string of the molecule is C=C/C(C)=C\C=C/CCCOC(C)=O. The van der Waals surface area contributed by atoms with Gasteiger partial charge in [-0.1, -0.05) is 36.5 Å². The van der Waals surface area contributed by atoms with E-state index in [1.807, 2.05) is 25.2 Å². The highest BCUT2D eigenvalue weighted by molar-refractivity contribution is 5.65. The van der Waals surface area contributed by atoms with Crippen molar-refractivity contribution < 1.29 is 9.53 Å². The summed E-state index contributed by atoms with van der Waals surface area (Å²) < 4.78 is 4.79. The molecular formula is C12H18O2. The zero-order chi connectivity index (χ0) is 10.8. The molecular weight excluding hydrogens is 176 g/mol. The van der Waals surface area contributed by atoms with E-state index in [-0.39, 0.29) is 5.97 Å². The number of hydrogen-bond acceptors (Lipinski definition) is 2. The molecule has 14 heavy (non-hydrogen) atoms. The Hall–Kier alpha value is -1.31. The molecule has 0 heterocycles. The third-order valence-electron chi connectivity index (χ3n) is 1.64. The molecule has 0 radical (unpaired) electrons. The number of hydrogen-bond donors (Lipinski definition) is 0. The summed E-state index contributed by atoms with van der Waals surface area (Å²) in [6.07, 6.45) is 9.65. The molecule has 2 nitrogen and oxygen atoms in total. The van der Waals surface area contributed by atoms with Gasteiger partial charge in [-0.2, -0.15) is 0 Å². The molecule has 0 aromatic rings. The van der Waals surface area contributed by atoms with Crippen LogP contribution in [-0.4, -0.2) is 12.6 Å². The molecule has 0 N–H and O–H groups in total. The summed E-state index contributed by atoms with van der Waals surface area (Å²) in [6, 6.07) is 0. The lowest BCUT2D eigenvalue weighted by molar-refractivity contribution is -0.141. The first kappa shape index (κ1) is 12.7. The van der Waals surface area contributed by atoms with Crippen molar-refractivity contribution in [1.29, 1.82) is 0 Å². The van der Waals surface area contributed by atoms with Gasteiger partial charge < -0.3 is 4.74 Å². The second-order valence-corrected chi connectivity index (χ2v) is 3.03. The van der Waals surface area contributed by atoms with Gasteiger partial charge in [-0.25, -0.2) is 0 Å². The molecule has 2 heteroatoms. The number of unbranched alkanes of at least 4 members (excludes halogenated alkanes) is 1. The number of carbonyl (C=O) groups excluding carboxylic acids is 1. The van der Waals surface area contributed by atoms with Crippen LogP contribution in [0.25, 0.3) is 0 Å². The second-order valence-electron chi connectivity index (χ2n) is 3.03. The molecule has 0 spiro atoms. The molecule has 0 saturated carbocycles. The molecule has 0 aliphatic heterocycles. The lowest BCUT2D eigenvalue weighted by atomic mass is 10.2. The zero-order valence-corrected chi connectivity index (χ0v) is 8.95. The van der Waals surface area contributed by atoms with Crippen LogP contribution < -0.4 is 0 Å². The van der Waals surface area contributed by atoms with Gasteiger partial charge >= 0.3 is 5.97 Å². The first-order chi connectivity index (χ1) is 6.66. The molecule has 78 valence electrons. The predicted molar refractivity (Wildman–Crippen MR) is 59.0 cm³/mol. The van der Waals surface area contributed by atoms with Gasteiger partial charge in [0.25, 0.3) is 0 Å². The minimum Gasteiger partial charge on any atom is -0.466 e. The van der Waals surface area contributed by atoms with Crippen molar-refractivity contribution in [3.05, 3.63) is 36.5 Å². The lowest BCUT2D eigenvalue weighted by Gasteiger charge is -1.97. The van der Waals surface area contributed by atoms with Crippen LogP contribution in [0.4, 0.5) is 0 Å². The van der Waals surface area contributed by atoms with Crippen LogP contribution in [0.15, 0.2) is 36.5 Å². The Morgan fingerprint density at radius 1 is 1.43 bits per heavy atom. The fourth-order valence-corrected chi connectivity index (χ4v) is 0.801. The van der Waals surface area contributed by atoms with Crippen LogP contribution in [0.2, 0.25) is 0 Å². The molecule has 0 bridgehead atoms. The van der Waals surface area contributed by atoms with Crippen LogP contribution in [0.1, 0.15) is 26.7 Å². The predicted octanol–water partition coefficient (Wildman–Crippen LogP) is 3.02. The molecule has 0 unspecified atom stereocenters. The maximum Gasteiger partial charge on any atom is 0.302 e. The maximum atomic E-state index is 10.4. The Kier molecular flexibility index (Phi) is 7.52. The van der Waals surface area contributed by atoms with E-state index < -0.39 is 0 Å². The summed E-state index contributed by atoms with van der Waals surface area (Å²) in [7, 11) is 0. The number of allylic oxidation sites excluding steroid dienone is 5. The summed E-state index contributed by atoms with van der Waals surface area (Å²) >= 11 is 0. The van der Waals surface area contributed by atoms with Crippen molar-refractivity contribution in [3.63, 3.8) is 0 Å². The molecule has 0 fully saturated rings. The Bertz CT molecular complexity index is 237. The largest absolute Gasteiger partial charge is 0.466 e. The molecule has 0 aromatic carbocycles. The smallest absolute Gasteiger partial charge is 0.302 e. The normalized spacial score (nSPS) is 11.7. The Labute approximate surface area is 86.0 Å². The Morgan fingerprint density at radius 2 is 2.14 bits per heavy atom. The average molecular weight is 194 g/mol. The molecule has 0 amide bonds. The molecule has 0 atom stereocenters. The molecule has 0 rings (SSSR count). The van der Waals surface area contributed by atoms with Gasteiger partial charge in [0.15, 0.2) is 0 Å². The van der Waals surface area contributed by atoms with Crippen molar-refractivity contribution >= 4 is 5.97 Å². The minimum atomic E-state index is -0.212. The monoisotopic (exact) mass is 194 g/mol. The summed E-state index contributed by atoms with van der Waals surface area (Å²) in [5.41, 5.74) is 1.14. The Balaban J connectivity index is 3.45. The van der Waals surface area contributed by atoms with E-state index in [2.05, 4.69) is 12.7 Å². The molecule has 0 saturated heterocycles. The van der Waals surface area contributed by atoms with Crippen LogP contribution in [-0.2, 0) is 9.53 Å². The van der Waals surface area contributed by atoms with Crippen LogP contribution >= 0.6 is 0 Å². The van der Waals surface area contributed by atoms with Crippen molar-refractivity contribution in [3.8, 4) is 0 Å². The first-order valence-corrected chi connectivity index (χ1v) is 4.76. The van der Waals surface area contributed by atoms with E-state index in [1.54, 1.807) is 0 Å². The van der Waals surface area contributed by atoms with Crippen LogP contribution in [0, 0.1) is 0 Å². The molecule has 0 aliphatic rings. The number of rotatable bonds is 6. The first-order valence-electron chi connectivity index (χ1n) is 4.76. The van der Waals surface area contributed by atoms with Crippen molar-refractivity contribution in [1.82, 2.24) is 0 Å². The number of carbonyl (C=O) groups is 1. The maximum absolute atomic E-state index is 10.4. The van der Waals surface area contributed by atoms with Crippen LogP contribution in [0.3, 0.4) is 0 Å². The fourth-order valence-electron chi connectivity index (χ4n) is 0.801. The number of esters is 1. The summed E-state index contributed by atoms with van der Waals surface area (Å²) in [4.78, 5) is 10.4. The van der Waals surface area contributed by atoms with Gasteiger partial charge in [0.1, 0.15) is 0 Å². The van der Waals surface area contributed by atoms with Crippen LogP contribution in [0.5, 0.6) is 0 Å². The minimum absolute atomic E-state index is 0.212. The quantitative estimate of drug-likeness (QED) is 0.369. The summed E-state index contributed by atoms with van der Waals surface area (Å²) in [6.45, 7) is 7.57. The highest BCUT2D eigenvalue weighted by Crippen LogP contribution is 1.96. The Morgan fingerprint density at radius 3 is 2.71 bits per heavy atom. The van der Waals surface area contributed by atoms with Crippen molar-refractivity contribution in [2.45, 2.75) is 26.7 Å². The summed E-state index contributed by atoms with van der Waals surface area (Å²) in [5, 5.41) is 0. The van der Waals surface area contributed by atoms with Gasteiger partial charge in [0.2, 0.25) is 0 Å². The fraction of sp³-hybridized carbons (Fsp3) is 0.417. The van der Waals surface area contributed by atoms with E-state index in [0.717, 1.165) is 18.4 Å². The average Bonchev–Trinajstić information content (AvgIpc) is 2.15. The van der Waals surface area contributed by atoms with E-state index in [4.69, 9.17) is 4.74 Å². The third-order valence-corrected chi connectivity index (χ3v) is 1.64. The van der Waals surface area contributed by atoms with E-state index in [1.165, 1.54) is 6.92 Å². The third kappa shape index (κ3) is 8.78. The van der Waals surface area contributed by atoms with Gasteiger partial charge in [-0.05, 0) is 19.8 Å². The highest BCUT2D eigenvalue weighted by atomic mass is 16.5. The standard InChI is InChI=1S/C12H18O2/c1-4-11(2)9-7-5-6-8-10-14-12(3)13/h4-5,7,9H,1,6,8,10H2,2-3H3/b7-5-,11-9-. The zero-order valence-electron chi connectivity index (χ0n) is 8.95. The number of ether oxygens (including phenoxy) is 1. The van der Waals surface area contributed by atoms with Crippen molar-refractivity contribution in [2.75, 3.05) is 6.61 Å². The van der Waals surface area contributed by atoms with E-state index >= 15 is 0 Å². The van der Waals surface area contributed by atoms with Gasteiger partial charge in [0.05, 0.1) is 6.61 Å². The molecule has 0 aromatic heterocycles.